The van der Waals surface area contributed by atoms with Crippen LogP contribution >= 0.6 is 0 Å². The smallest absolute Gasteiger partial charge is 0.236 e. The van der Waals surface area contributed by atoms with Gasteiger partial charge in [-0.3, -0.25) is 9.52 Å². The van der Waals surface area contributed by atoms with Crippen molar-refractivity contribution in [3.8, 4) is 5.75 Å². The molecule has 4 rings (SSSR count). The van der Waals surface area contributed by atoms with Gasteiger partial charge in [0.2, 0.25) is 15.9 Å². The molecule has 27 heavy (non-hydrogen) atoms. The van der Waals surface area contributed by atoms with Crippen LogP contribution < -0.4 is 14.4 Å². The first-order valence-corrected chi connectivity index (χ1v) is 10.7. The number of methoxy groups -OCH3 is 1. The van der Waals surface area contributed by atoms with Gasteiger partial charge < -0.3 is 9.64 Å². The predicted molar refractivity (Wildman–Crippen MR) is 104 cm³/mol. The monoisotopic (exact) mass is 386 g/mol. The summed E-state index contributed by atoms with van der Waals surface area (Å²) in [5, 5.41) is 0. The minimum atomic E-state index is -3.58. The summed E-state index contributed by atoms with van der Waals surface area (Å²) in [4.78, 5) is 14.2. The summed E-state index contributed by atoms with van der Waals surface area (Å²) >= 11 is 0. The Morgan fingerprint density at radius 2 is 2.04 bits per heavy atom. The zero-order valence-electron chi connectivity index (χ0n) is 15.1. The molecule has 1 aliphatic heterocycles. The van der Waals surface area contributed by atoms with Gasteiger partial charge in [-0.2, -0.15) is 0 Å². The van der Waals surface area contributed by atoms with Crippen molar-refractivity contribution < 1.29 is 17.9 Å². The largest absolute Gasteiger partial charge is 0.497 e. The van der Waals surface area contributed by atoms with Gasteiger partial charge in [-0.15, -0.1) is 0 Å². The molecule has 1 fully saturated rings. The number of anilines is 2. The molecule has 0 radical (unpaired) electrons. The average Bonchev–Trinajstić information content (AvgIpc) is 3.40. The van der Waals surface area contributed by atoms with Crippen LogP contribution in [0.25, 0.3) is 0 Å². The van der Waals surface area contributed by atoms with E-state index in [0.717, 1.165) is 30.5 Å². The number of carbonyl (C=O) groups excluding carboxylic acids is 1. The van der Waals surface area contributed by atoms with Gasteiger partial charge in [-0.1, -0.05) is 18.2 Å². The molecule has 1 aliphatic carbocycles. The molecular formula is C20H22N2O4S. The van der Waals surface area contributed by atoms with Crippen LogP contribution in [-0.4, -0.2) is 28.0 Å². The van der Waals surface area contributed by atoms with Gasteiger partial charge in [0, 0.05) is 18.2 Å². The molecule has 2 aliphatic rings. The number of sulfonamides is 1. The average molecular weight is 386 g/mol. The lowest BCUT2D eigenvalue weighted by Crippen LogP contribution is -2.30. The summed E-state index contributed by atoms with van der Waals surface area (Å²) in [5.41, 5.74) is 3.04. The molecule has 1 saturated carbocycles. The molecule has 1 amide bonds. The van der Waals surface area contributed by atoms with Crippen LogP contribution in [0.15, 0.2) is 42.5 Å². The van der Waals surface area contributed by atoms with Crippen molar-refractivity contribution in [3.05, 3.63) is 53.6 Å². The molecule has 2 aromatic rings. The maximum absolute atomic E-state index is 12.6. The van der Waals surface area contributed by atoms with Crippen LogP contribution in [0.3, 0.4) is 0 Å². The Kier molecular flexibility index (Phi) is 4.55. The fraction of sp³-hybridized carbons (Fsp3) is 0.350. The first-order chi connectivity index (χ1) is 12.9. The zero-order chi connectivity index (χ0) is 19.0. The number of ether oxygens (including phenoxy) is 1. The summed E-state index contributed by atoms with van der Waals surface area (Å²) in [6.07, 6.45) is 2.72. The van der Waals surface area contributed by atoms with Gasteiger partial charge in [-0.25, -0.2) is 8.42 Å². The summed E-state index contributed by atoms with van der Waals surface area (Å²) in [7, 11) is -2.03. The number of benzene rings is 2. The van der Waals surface area contributed by atoms with Crippen LogP contribution in [0.1, 0.15) is 24.0 Å². The highest BCUT2D eigenvalue weighted by Crippen LogP contribution is 2.37. The summed E-state index contributed by atoms with van der Waals surface area (Å²) in [6.45, 7) is 0.671. The van der Waals surface area contributed by atoms with Crippen LogP contribution in [0, 0.1) is 5.92 Å². The van der Waals surface area contributed by atoms with Crippen molar-refractivity contribution in [2.24, 2.45) is 5.92 Å². The molecule has 6 nitrogen and oxygen atoms in total. The lowest BCUT2D eigenvalue weighted by molar-refractivity contribution is -0.119. The maximum atomic E-state index is 12.6. The van der Waals surface area contributed by atoms with Gasteiger partial charge in [0.1, 0.15) is 5.75 Å². The number of amides is 1. The molecule has 0 unspecified atom stereocenters. The second kappa shape index (κ2) is 6.88. The number of hydrogen-bond acceptors (Lipinski definition) is 4. The molecule has 0 spiro atoms. The zero-order valence-corrected chi connectivity index (χ0v) is 16.0. The molecular weight excluding hydrogens is 364 g/mol. The molecule has 0 saturated heterocycles. The quantitative estimate of drug-likeness (QED) is 0.828. The highest BCUT2D eigenvalue weighted by Gasteiger charge is 2.36. The highest BCUT2D eigenvalue weighted by molar-refractivity contribution is 7.91. The molecule has 2 aromatic carbocycles. The number of rotatable bonds is 6. The lowest BCUT2D eigenvalue weighted by Gasteiger charge is -2.18. The van der Waals surface area contributed by atoms with E-state index in [1.165, 1.54) is 0 Å². The Labute approximate surface area is 159 Å². The van der Waals surface area contributed by atoms with Crippen molar-refractivity contribution in [3.63, 3.8) is 0 Å². The molecule has 1 N–H and O–H groups in total. The first-order valence-electron chi connectivity index (χ1n) is 9.03. The van der Waals surface area contributed by atoms with E-state index in [4.69, 9.17) is 4.74 Å². The maximum Gasteiger partial charge on any atom is 0.236 e. The third-order valence-corrected chi connectivity index (χ3v) is 6.20. The van der Waals surface area contributed by atoms with E-state index >= 15 is 0 Å². The van der Waals surface area contributed by atoms with Crippen LogP contribution in [0.5, 0.6) is 5.75 Å². The van der Waals surface area contributed by atoms with E-state index in [1.54, 1.807) is 48.4 Å². The molecule has 0 atom stereocenters. The highest BCUT2D eigenvalue weighted by atomic mass is 32.2. The van der Waals surface area contributed by atoms with Crippen molar-refractivity contribution in [1.29, 1.82) is 0 Å². The van der Waals surface area contributed by atoms with E-state index in [-0.39, 0.29) is 17.6 Å². The van der Waals surface area contributed by atoms with Crippen molar-refractivity contribution in [1.82, 2.24) is 0 Å². The number of carbonyl (C=O) groups is 1. The van der Waals surface area contributed by atoms with Gasteiger partial charge >= 0.3 is 0 Å². The Morgan fingerprint density at radius 1 is 1.22 bits per heavy atom. The van der Waals surface area contributed by atoms with Gasteiger partial charge in [-0.05, 0) is 54.7 Å². The minimum Gasteiger partial charge on any atom is -0.497 e. The number of hydrogen-bond donors (Lipinski definition) is 1. The molecule has 1 heterocycles. The standard InChI is InChI=1S/C20H22N2O4S/c1-26-18-4-2-3-14(11-18)13-27(24,25)21-17-8-7-15-9-10-22(19(15)12-17)20(23)16-5-6-16/h2-4,7-8,11-12,16,21H,5-6,9-10,13H2,1H3. The summed E-state index contributed by atoms with van der Waals surface area (Å²) < 4.78 is 32.9. The molecule has 142 valence electrons. The van der Waals surface area contributed by atoms with Crippen molar-refractivity contribution >= 4 is 27.3 Å². The van der Waals surface area contributed by atoms with Crippen LogP contribution in [0.4, 0.5) is 11.4 Å². The Balaban J connectivity index is 1.52. The van der Waals surface area contributed by atoms with E-state index in [1.807, 2.05) is 6.07 Å². The number of fused-ring (bicyclic) bond motifs is 1. The summed E-state index contributed by atoms with van der Waals surface area (Å²) in [6, 6.07) is 12.4. The lowest BCUT2D eigenvalue weighted by atomic mass is 10.1. The second-order valence-electron chi connectivity index (χ2n) is 7.07. The van der Waals surface area contributed by atoms with Gasteiger partial charge in [0.25, 0.3) is 0 Å². The van der Waals surface area contributed by atoms with Gasteiger partial charge in [0.05, 0.1) is 18.6 Å². The molecule has 0 aromatic heterocycles. The number of nitrogens with one attached hydrogen (secondary N) is 1. The Morgan fingerprint density at radius 3 is 2.78 bits per heavy atom. The van der Waals surface area contributed by atoms with E-state index in [0.29, 0.717) is 23.5 Å². The summed E-state index contributed by atoms with van der Waals surface area (Å²) in [5.74, 6) is 0.774. The van der Waals surface area contributed by atoms with Gasteiger partial charge in [0.15, 0.2) is 0 Å². The predicted octanol–water partition coefficient (Wildman–Crippen LogP) is 2.94. The van der Waals surface area contributed by atoms with E-state index in [2.05, 4.69) is 4.72 Å². The van der Waals surface area contributed by atoms with Crippen LogP contribution in [0.2, 0.25) is 0 Å². The fourth-order valence-electron chi connectivity index (χ4n) is 3.42. The molecule has 7 heteroatoms. The first kappa shape index (κ1) is 17.9. The second-order valence-corrected chi connectivity index (χ2v) is 8.79. The third-order valence-electron chi connectivity index (χ3n) is 4.94. The Hall–Kier alpha value is -2.54. The van der Waals surface area contributed by atoms with Crippen molar-refractivity contribution in [2.75, 3.05) is 23.3 Å². The van der Waals surface area contributed by atoms with E-state index < -0.39 is 10.0 Å². The third kappa shape index (κ3) is 3.93. The fourth-order valence-corrected chi connectivity index (χ4v) is 4.60. The van der Waals surface area contributed by atoms with Crippen molar-refractivity contribution in [2.45, 2.75) is 25.0 Å². The van der Waals surface area contributed by atoms with Crippen LogP contribution in [-0.2, 0) is 27.0 Å². The minimum absolute atomic E-state index is 0.143. The molecule has 0 bridgehead atoms. The van der Waals surface area contributed by atoms with E-state index in [9.17, 15) is 13.2 Å². The Bertz CT molecular complexity index is 983. The SMILES string of the molecule is COc1cccc(CS(=O)(=O)Nc2ccc3c(c2)N(C(=O)C2CC2)CC3)c1. The number of nitrogens with zero attached hydrogens (tertiary/aromatic N) is 1. The topological polar surface area (TPSA) is 75.7 Å². The normalized spacial score (nSPS) is 16.1.